The predicted octanol–water partition coefficient (Wildman–Crippen LogP) is 3.41. The first kappa shape index (κ1) is 18.0. The molecule has 1 aromatic heterocycles. The summed E-state index contributed by atoms with van der Waals surface area (Å²) in [6.45, 7) is 12.4. The fraction of sp³-hybridized carbons (Fsp3) is 0.800. The monoisotopic (exact) mass is 311 g/mol. The summed E-state index contributed by atoms with van der Waals surface area (Å²) in [5.74, 6) is 1.49. The molecule has 1 aromatic rings. The molecule has 6 heteroatoms. The summed E-state index contributed by atoms with van der Waals surface area (Å²) in [4.78, 5) is 17.8. The van der Waals surface area contributed by atoms with Gasteiger partial charge >= 0.3 is 0 Å². The third kappa shape index (κ3) is 5.69. The molecule has 1 rings (SSSR count). The van der Waals surface area contributed by atoms with E-state index in [2.05, 4.69) is 65.1 Å². The van der Waals surface area contributed by atoms with Crippen LogP contribution in [0, 0.1) is 0 Å². The zero-order chi connectivity index (χ0) is 15.7. The molecule has 120 valence electrons. The van der Waals surface area contributed by atoms with Crippen LogP contribution in [0.1, 0.15) is 53.4 Å². The van der Waals surface area contributed by atoms with Crippen LogP contribution < -0.4 is 9.80 Å². The van der Waals surface area contributed by atoms with Crippen molar-refractivity contribution in [3.63, 3.8) is 0 Å². The van der Waals surface area contributed by atoms with E-state index in [9.17, 15) is 0 Å². The van der Waals surface area contributed by atoms with Gasteiger partial charge in [0.15, 0.2) is 5.16 Å². The van der Waals surface area contributed by atoms with Crippen molar-refractivity contribution in [1.82, 2.24) is 15.0 Å². The third-order valence-corrected chi connectivity index (χ3v) is 3.69. The molecule has 0 aliphatic carbocycles. The second-order valence-electron chi connectivity index (χ2n) is 5.10. The largest absolute Gasteiger partial charge is 0.341 e. The van der Waals surface area contributed by atoms with Crippen LogP contribution >= 0.6 is 12.6 Å². The zero-order valence-electron chi connectivity index (χ0n) is 13.8. The van der Waals surface area contributed by atoms with Gasteiger partial charge in [-0.1, -0.05) is 26.7 Å². The van der Waals surface area contributed by atoms with Crippen LogP contribution in [0.15, 0.2) is 5.16 Å². The molecule has 0 atom stereocenters. The van der Waals surface area contributed by atoms with Crippen molar-refractivity contribution < 1.29 is 0 Å². The molecule has 0 saturated heterocycles. The summed E-state index contributed by atoms with van der Waals surface area (Å²) in [5.41, 5.74) is 0. The first-order valence-electron chi connectivity index (χ1n) is 8.11. The molecule has 0 spiro atoms. The summed E-state index contributed by atoms with van der Waals surface area (Å²) in [7, 11) is 0. The van der Waals surface area contributed by atoms with Crippen LogP contribution in [0.25, 0.3) is 0 Å². The highest BCUT2D eigenvalue weighted by molar-refractivity contribution is 7.80. The standard InChI is InChI=1S/C15H29N5S/c1-5-9-11-20(12-10-6-2)14-16-13(17-15(21)18-14)19(7-3)8-4/h5-12H2,1-4H3,(H,16,17,18,21). The Morgan fingerprint density at radius 2 is 1.24 bits per heavy atom. The summed E-state index contributed by atoms with van der Waals surface area (Å²) in [5, 5.41) is 0.500. The molecule has 0 N–H and O–H groups in total. The lowest BCUT2D eigenvalue weighted by atomic mass is 10.3. The Balaban J connectivity index is 2.99. The quantitative estimate of drug-likeness (QED) is 0.671. The number of nitrogens with zero attached hydrogens (tertiary/aromatic N) is 5. The smallest absolute Gasteiger partial charge is 0.231 e. The van der Waals surface area contributed by atoms with Gasteiger partial charge < -0.3 is 9.80 Å². The number of aromatic nitrogens is 3. The minimum Gasteiger partial charge on any atom is -0.341 e. The number of hydrogen-bond donors (Lipinski definition) is 1. The average Bonchev–Trinajstić information content (AvgIpc) is 2.48. The van der Waals surface area contributed by atoms with Crippen molar-refractivity contribution in [3.8, 4) is 0 Å². The highest BCUT2D eigenvalue weighted by Crippen LogP contribution is 2.17. The van der Waals surface area contributed by atoms with E-state index in [0.29, 0.717) is 5.16 Å². The van der Waals surface area contributed by atoms with Crippen molar-refractivity contribution in [2.75, 3.05) is 36.0 Å². The molecule has 0 aliphatic heterocycles. The highest BCUT2D eigenvalue weighted by atomic mass is 32.1. The van der Waals surface area contributed by atoms with Crippen molar-refractivity contribution in [1.29, 1.82) is 0 Å². The van der Waals surface area contributed by atoms with Crippen LogP contribution in [-0.2, 0) is 0 Å². The molecule has 0 fully saturated rings. The lowest BCUT2D eigenvalue weighted by Gasteiger charge is -2.25. The maximum absolute atomic E-state index is 4.66. The molecule has 21 heavy (non-hydrogen) atoms. The van der Waals surface area contributed by atoms with Gasteiger partial charge in [-0.05, 0) is 26.7 Å². The van der Waals surface area contributed by atoms with Gasteiger partial charge in [-0.25, -0.2) is 0 Å². The van der Waals surface area contributed by atoms with E-state index in [1.54, 1.807) is 0 Å². The van der Waals surface area contributed by atoms with Crippen LogP contribution in [-0.4, -0.2) is 41.1 Å². The molecule has 0 radical (unpaired) electrons. The van der Waals surface area contributed by atoms with E-state index in [4.69, 9.17) is 0 Å². The Bertz CT molecular complexity index is 401. The van der Waals surface area contributed by atoms with E-state index >= 15 is 0 Å². The molecule has 0 aliphatic rings. The second-order valence-corrected chi connectivity index (χ2v) is 5.50. The van der Waals surface area contributed by atoms with Gasteiger partial charge in [0, 0.05) is 26.2 Å². The maximum atomic E-state index is 4.66. The van der Waals surface area contributed by atoms with Crippen molar-refractivity contribution >= 4 is 24.5 Å². The minimum atomic E-state index is 0.500. The number of unbranched alkanes of at least 4 members (excludes halogenated alkanes) is 2. The maximum Gasteiger partial charge on any atom is 0.231 e. The van der Waals surface area contributed by atoms with Crippen molar-refractivity contribution in [3.05, 3.63) is 0 Å². The SMILES string of the molecule is CCCCN(CCCC)c1nc(S)nc(N(CC)CC)n1. The fourth-order valence-electron chi connectivity index (χ4n) is 2.14. The Hall–Kier alpha value is -1.04. The molecule has 0 unspecified atom stereocenters. The van der Waals surface area contributed by atoms with Crippen LogP contribution in [0.3, 0.4) is 0 Å². The molecule has 0 amide bonds. The van der Waals surface area contributed by atoms with Gasteiger partial charge in [-0.15, -0.1) is 12.6 Å². The Morgan fingerprint density at radius 1 is 0.762 bits per heavy atom. The molecular formula is C15H29N5S. The van der Waals surface area contributed by atoms with Gasteiger partial charge in [0.05, 0.1) is 0 Å². The number of thiol groups is 1. The van der Waals surface area contributed by atoms with Crippen molar-refractivity contribution in [2.45, 2.75) is 58.5 Å². The number of rotatable bonds is 10. The first-order chi connectivity index (χ1) is 10.2. The Kier molecular flexibility index (Phi) is 8.42. The number of hydrogen-bond acceptors (Lipinski definition) is 6. The van der Waals surface area contributed by atoms with E-state index in [-0.39, 0.29) is 0 Å². The molecule has 0 bridgehead atoms. The van der Waals surface area contributed by atoms with Gasteiger partial charge in [-0.2, -0.15) is 15.0 Å². The predicted molar refractivity (Wildman–Crippen MR) is 92.7 cm³/mol. The lowest BCUT2D eigenvalue weighted by Crippen LogP contribution is -2.30. The number of anilines is 2. The van der Waals surface area contributed by atoms with Crippen molar-refractivity contribution in [2.24, 2.45) is 0 Å². The summed E-state index contributed by atoms with van der Waals surface area (Å²) in [6.07, 6.45) is 4.64. The molecule has 1 heterocycles. The molecule has 5 nitrogen and oxygen atoms in total. The van der Waals surface area contributed by atoms with E-state index < -0.39 is 0 Å². The fourth-order valence-corrected chi connectivity index (χ4v) is 2.32. The van der Waals surface area contributed by atoms with E-state index in [1.165, 1.54) is 12.8 Å². The molecular weight excluding hydrogens is 282 g/mol. The first-order valence-corrected chi connectivity index (χ1v) is 8.55. The molecule has 0 saturated carbocycles. The second kappa shape index (κ2) is 9.82. The van der Waals surface area contributed by atoms with Gasteiger partial charge in [-0.3, -0.25) is 0 Å². The van der Waals surface area contributed by atoms with E-state index in [1.807, 2.05) is 0 Å². The van der Waals surface area contributed by atoms with Gasteiger partial charge in [0.25, 0.3) is 0 Å². The Labute approximate surface area is 134 Å². The topological polar surface area (TPSA) is 45.2 Å². The van der Waals surface area contributed by atoms with Crippen LogP contribution in [0.2, 0.25) is 0 Å². The van der Waals surface area contributed by atoms with Gasteiger partial charge in [0.2, 0.25) is 11.9 Å². The normalized spacial score (nSPS) is 10.7. The highest BCUT2D eigenvalue weighted by Gasteiger charge is 2.14. The van der Waals surface area contributed by atoms with Crippen LogP contribution in [0.5, 0.6) is 0 Å². The minimum absolute atomic E-state index is 0.500. The summed E-state index contributed by atoms with van der Waals surface area (Å²) < 4.78 is 0. The molecule has 0 aromatic carbocycles. The summed E-state index contributed by atoms with van der Waals surface area (Å²) in [6, 6.07) is 0. The lowest BCUT2D eigenvalue weighted by molar-refractivity contribution is 0.652. The summed E-state index contributed by atoms with van der Waals surface area (Å²) >= 11 is 4.36. The zero-order valence-corrected chi connectivity index (χ0v) is 14.7. The average molecular weight is 311 g/mol. The van der Waals surface area contributed by atoms with Gasteiger partial charge in [0.1, 0.15) is 0 Å². The third-order valence-electron chi connectivity index (χ3n) is 3.49. The van der Waals surface area contributed by atoms with Crippen LogP contribution in [0.4, 0.5) is 11.9 Å². The van der Waals surface area contributed by atoms with E-state index in [0.717, 1.165) is 50.9 Å². The Morgan fingerprint density at radius 3 is 1.67 bits per heavy atom.